The Morgan fingerprint density at radius 1 is 1.21 bits per heavy atom. The van der Waals surface area contributed by atoms with Crippen LogP contribution in [0.15, 0.2) is 60.7 Å². The molecule has 2 aromatic rings. The van der Waals surface area contributed by atoms with E-state index in [0.717, 1.165) is 30.1 Å². The standard InChI is InChI=1S/C25H32N2O2/c1-18(2)17-29-24-7-5-6-22(16-24)25(28)26-20(4)21-8-10-23(11-9-21)27-14-12-19(3)13-15-27/h5-11,16,19-20H,1,12-15,17H2,2-4H3,(H,26,28)/t20-/m1/s1. The van der Waals surface area contributed by atoms with Crippen molar-refractivity contribution in [3.05, 3.63) is 71.8 Å². The molecule has 1 amide bonds. The molecule has 4 heteroatoms. The molecule has 0 bridgehead atoms. The lowest BCUT2D eigenvalue weighted by Gasteiger charge is -2.32. The highest BCUT2D eigenvalue weighted by atomic mass is 16.5. The lowest BCUT2D eigenvalue weighted by Crippen LogP contribution is -2.32. The summed E-state index contributed by atoms with van der Waals surface area (Å²) in [5.41, 5.74) is 3.90. The van der Waals surface area contributed by atoms with E-state index in [1.807, 2.05) is 26.0 Å². The van der Waals surface area contributed by atoms with Gasteiger partial charge in [0.1, 0.15) is 12.4 Å². The number of hydrogen-bond acceptors (Lipinski definition) is 3. The number of amides is 1. The number of rotatable bonds is 7. The Morgan fingerprint density at radius 3 is 2.55 bits per heavy atom. The van der Waals surface area contributed by atoms with Gasteiger partial charge in [0.05, 0.1) is 6.04 Å². The molecular formula is C25H32N2O2. The lowest BCUT2D eigenvalue weighted by molar-refractivity contribution is 0.0939. The van der Waals surface area contributed by atoms with Gasteiger partial charge in [0.2, 0.25) is 0 Å². The van der Waals surface area contributed by atoms with E-state index in [9.17, 15) is 4.79 Å². The van der Waals surface area contributed by atoms with Crippen LogP contribution in [0.1, 0.15) is 55.6 Å². The van der Waals surface area contributed by atoms with Crippen molar-refractivity contribution in [2.75, 3.05) is 24.6 Å². The molecule has 1 fully saturated rings. The van der Waals surface area contributed by atoms with Crippen LogP contribution in [0.2, 0.25) is 0 Å². The molecule has 0 radical (unpaired) electrons. The zero-order valence-electron chi connectivity index (χ0n) is 17.8. The third-order valence-electron chi connectivity index (χ3n) is 5.47. The average Bonchev–Trinajstić information content (AvgIpc) is 2.73. The van der Waals surface area contributed by atoms with Crippen molar-refractivity contribution in [2.24, 2.45) is 5.92 Å². The molecule has 1 atom stereocenters. The highest BCUT2D eigenvalue weighted by molar-refractivity contribution is 5.94. The largest absolute Gasteiger partial charge is 0.489 e. The Labute approximate surface area is 174 Å². The van der Waals surface area contributed by atoms with Crippen LogP contribution < -0.4 is 15.0 Å². The van der Waals surface area contributed by atoms with Gasteiger partial charge in [0, 0.05) is 24.3 Å². The van der Waals surface area contributed by atoms with Gasteiger partial charge in [-0.05, 0) is 74.1 Å². The summed E-state index contributed by atoms with van der Waals surface area (Å²) in [7, 11) is 0. The van der Waals surface area contributed by atoms with Crippen LogP contribution in [0.25, 0.3) is 0 Å². The van der Waals surface area contributed by atoms with Crippen LogP contribution in [0.4, 0.5) is 5.69 Å². The van der Waals surface area contributed by atoms with Crippen LogP contribution in [0, 0.1) is 5.92 Å². The van der Waals surface area contributed by atoms with Gasteiger partial charge in [-0.25, -0.2) is 0 Å². The van der Waals surface area contributed by atoms with E-state index in [1.54, 1.807) is 12.1 Å². The number of ether oxygens (including phenoxy) is 1. The van der Waals surface area contributed by atoms with Gasteiger partial charge < -0.3 is 15.0 Å². The Kier molecular flexibility index (Phi) is 6.97. The smallest absolute Gasteiger partial charge is 0.251 e. The molecule has 0 unspecified atom stereocenters. The summed E-state index contributed by atoms with van der Waals surface area (Å²) in [5, 5.41) is 3.08. The maximum atomic E-state index is 12.7. The molecule has 3 rings (SSSR count). The van der Waals surface area contributed by atoms with E-state index in [2.05, 4.69) is 48.0 Å². The third-order valence-corrected chi connectivity index (χ3v) is 5.47. The van der Waals surface area contributed by atoms with Crippen molar-refractivity contribution in [1.82, 2.24) is 5.32 Å². The first kappa shape index (κ1) is 21.0. The molecule has 1 saturated heterocycles. The summed E-state index contributed by atoms with van der Waals surface area (Å²) in [6.07, 6.45) is 2.51. The topological polar surface area (TPSA) is 41.6 Å². The van der Waals surface area contributed by atoms with Crippen molar-refractivity contribution in [3.63, 3.8) is 0 Å². The maximum absolute atomic E-state index is 12.7. The highest BCUT2D eigenvalue weighted by Gasteiger charge is 2.17. The van der Waals surface area contributed by atoms with Gasteiger partial charge in [-0.1, -0.05) is 31.7 Å². The second kappa shape index (κ2) is 9.64. The number of nitrogens with zero attached hydrogens (tertiary/aromatic N) is 1. The first-order valence-corrected chi connectivity index (χ1v) is 10.5. The predicted molar refractivity (Wildman–Crippen MR) is 120 cm³/mol. The molecule has 1 heterocycles. The lowest BCUT2D eigenvalue weighted by atomic mass is 9.98. The van der Waals surface area contributed by atoms with Crippen molar-refractivity contribution in [3.8, 4) is 5.75 Å². The first-order valence-electron chi connectivity index (χ1n) is 10.5. The molecule has 1 N–H and O–H groups in total. The molecule has 1 aliphatic rings. The Morgan fingerprint density at radius 2 is 1.90 bits per heavy atom. The summed E-state index contributed by atoms with van der Waals surface area (Å²) in [6.45, 7) is 12.8. The van der Waals surface area contributed by atoms with Crippen LogP contribution >= 0.6 is 0 Å². The van der Waals surface area contributed by atoms with E-state index in [1.165, 1.54) is 18.5 Å². The minimum atomic E-state index is -0.104. The summed E-state index contributed by atoms with van der Waals surface area (Å²) < 4.78 is 5.64. The second-order valence-corrected chi connectivity index (χ2v) is 8.23. The summed E-state index contributed by atoms with van der Waals surface area (Å²) in [5.74, 6) is 1.39. The molecule has 4 nitrogen and oxygen atoms in total. The molecule has 0 aromatic heterocycles. The SMILES string of the molecule is C=C(C)COc1cccc(C(=O)N[C@H](C)c2ccc(N3CCC(C)CC3)cc2)c1. The fraction of sp³-hybridized carbons (Fsp3) is 0.400. The fourth-order valence-corrected chi connectivity index (χ4v) is 3.54. The predicted octanol–water partition coefficient (Wildman–Crippen LogP) is 5.37. The van der Waals surface area contributed by atoms with Crippen molar-refractivity contribution >= 4 is 11.6 Å². The van der Waals surface area contributed by atoms with E-state index < -0.39 is 0 Å². The number of hydrogen-bond donors (Lipinski definition) is 1. The van der Waals surface area contributed by atoms with E-state index in [0.29, 0.717) is 17.9 Å². The van der Waals surface area contributed by atoms with Gasteiger partial charge >= 0.3 is 0 Å². The Hall–Kier alpha value is -2.75. The van der Waals surface area contributed by atoms with Crippen molar-refractivity contribution in [2.45, 2.75) is 39.7 Å². The molecule has 0 saturated carbocycles. The Bertz CT molecular complexity index is 836. The average molecular weight is 393 g/mol. The van der Waals surface area contributed by atoms with Gasteiger partial charge in [-0.15, -0.1) is 0 Å². The number of anilines is 1. The minimum Gasteiger partial charge on any atom is -0.489 e. The Balaban J connectivity index is 1.59. The van der Waals surface area contributed by atoms with Crippen molar-refractivity contribution < 1.29 is 9.53 Å². The molecule has 29 heavy (non-hydrogen) atoms. The van der Waals surface area contributed by atoms with Gasteiger partial charge in [0.15, 0.2) is 0 Å². The van der Waals surface area contributed by atoms with Crippen LogP contribution in [-0.4, -0.2) is 25.6 Å². The zero-order chi connectivity index (χ0) is 20.8. The van der Waals surface area contributed by atoms with Gasteiger partial charge in [-0.3, -0.25) is 4.79 Å². The molecule has 0 spiro atoms. The van der Waals surface area contributed by atoms with Crippen LogP contribution in [0.3, 0.4) is 0 Å². The monoisotopic (exact) mass is 392 g/mol. The summed E-state index contributed by atoms with van der Waals surface area (Å²) >= 11 is 0. The van der Waals surface area contributed by atoms with Gasteiger partial charge in [0.25, 0.3) is 5.91 Å². The third kappa shape index (κ3) is 5.86. The molecule has 1 aliphatic heterocycles. The van der Waals surface area contributed by atoms with E-state index in [-0.39, 0.29) is 11.9 Å². The fourth-order valence-electron chi connectivity index (χ4n) is 3.54. The highest BCUT2D eigenvalue weighted by Crippen LogP contribution is 2.25. The number of nitrogens with one attached hydrogen (secondary N) is 1. The molecule has 2 aromatic carbocycles. The number of benzene rings is 2. The molecule has 0 aliphatic carbocycles. The first-order chi connectivity index (χ1) is 13.9. The number of carbonyl (C=O) groups is 1. The van der Waals surface area contributed by atoms with Crippen LogP contribution in [-0.2, 0) is 0 Å². The second-order valence-electron chi connectivity index (χ2n) is 8.23. The van der Waals surface area contributed by atoms with Crippen LogP contribution in [0.5, 0.6) is 5.75 Å². The van der Waals surface area contributed by atoms with Crippen molar-refractivity contribution in [1.29, 1.82) is 0 Å². The molecular weight excluding hydrogens is 360 g/mol. The number of piperidine rings is 1. The zero-order valence-corrected chi connectivity index (χ0v) is 17.8. The van der Waals surface area contributed by atoms with E-state index in [4.69, 9.17) is 4.74 Å². The van der Waals surface area contributed by atoms with Gasteiger partial charge in [-0.2, -0.15) is 0 Å². The van der Waals surface area contributed by atoms with E-state index >= 15 is 0 Å². The summed E-state index contributed by atoms with van der Waals surface area (Å²) in [6, 6.07) is 15.7. The normalized spacial score (nSPS) is 15.6. The minimum absolute atomic E-state index is 0.0714. The number of carbonyl (C=O) groups excluding carboxylic acids is 1. The summed E-state index contributed by atoms with van der Waals surface area (Å²) in [4.78, 5) is 15.1. The quantitative estimate of drug-likeness (QED) is 0.644. The molecule has 154 valence electrons. The maximum Gasteiger partial charge on any atom is 0.251 e.